The Morgan fingerprint density at radius 3 is 2.37 bits per heavy atom. The highest BCUT2D eigenvalue weighted by Gasteiger charge is 2.51. The van der Waals surface area contributed by atoms with Crippen LogP contribution in [-0.2, 0) is 33.3 Å². The van der Waals surface area contributed by atoms with Crippen molar-refractivity contribution >= 4 is 45.5 Å². The fraction of sp³-hybridized carbons (Fsp3) is 0.500. The summed E-state index contributed by atoms with van der Waals surface area (Å²) in [4.78, 5) is 64.9. The maximum Gasteiger partial charge on any atom is 0.311 e. The molecule has 1 aliphatic heterocycles. The summed E-state index contributed by atoms with van der Waals surface area (Å²) in [5.41, 5.74) is 4.86. The second-order valence-corrected chi connectivity index (χ2v) is 7.32. The van der Waals surface area contributed by atoms with E-state index in [1.54, 1.807) is 0 Å². The number of carbonyl (C=O) groups excluding carboxylic acids is 3. The number of fused-ring (bicyclic) bond motifs is 1. The molecule has 0 aliphatic carbocycles. The lowest BCUT2D eigenvalue weighted by Gasteiger charge is -2.23. The first-order valence-corrected chi connectivity index (χ1v) is 9.44. The van der Waals surface area contributed by atoms with Gasteiger partial charge in [0.25, 0.3) is 5.56 Å². The number of nitrogens with one attached hydrogen (secondary N) is 1. The summed E-state index contributed by atoms with van der Waals surface area (Å²) in [6.07, 6.45) is -4.87. The van der Waals surface area contributed by atoms with Crippen LogP contribution in [0.1, 0.15) is 27.0 Å². The molecule has 0 aromatic carbocycles. The summed E-state index contributed by atoms with van der Waals surface area (Å²) in [5.74, 6) is -2.31. The van der Waals surface area contributed by atoms with Gasteiger partial charge in [0, 0.05) is 20.8 Å². The monoisotopic (exact) mass is 442 g/mol. The number of nitrogens with two attached hydrogens (primary N) is 1. The van der Waals surface area contributed by atoms with Crippen molar-refractivity contribution < 1.29 is 33.3 Å². The van der Waals surface area contributed by atoms with E-state index in [4.69, 9.17) is 24.7 Å². The van der Waals surface area contributed by atoms with Crippen LogP contribution in [0.4, 0.5) is 5.95 Å². The van der Waals surface area contributed by atoms with Crippen LogP contribution < -0.4 is 16.2 Å². The molecule has 0 bridgehead atoms. The van der Waals surface area contributed by atoms with Crippen molar-refractivity contribution in [3.8, 4) is 0 Å². The van der Waals surface area contributed by atoms with Gasteiger partial charge in [0.15, 0.2) is 24.1 Å². The molecule has 1 aliphatic rings. The number of aromatic nitrogens is 3. The first-order valence-electron chi connectivity index (χ1n) is 8.62. The molecule has 1 fully saturated rings. The summed E-state index contributed by atoms with van der Waals surface area (Å²) >= 11 is 0.588. The minimum Gasteiger partial charge on any atom is -0.463 e. The van der Waals surface area contributed by atoms with Crippen molar-refractivity contribution in [2.24, 2.45) is 0 Å². The van der Waals surface area contributed by atoms with Crippen molar-refractivity contribution in [1.29, 1.82) is 0 Å². The number of carbonyl (C=O) groups is 3. The van der Waals surface area contributed by atoms with Crippen LogP contribution >= 0.6 is 11.3 Å². The molecule has 0 amide bonds. The van der Waals surface area contributed by atoms with Crippen LogP contribution in [0.25, 0.3) is 10.3 Å². The van der Waals surface area contributed by atoms with Gasteiger partial charge in [-0.25, -0.2) is 0 Å². The second-order valence-electron chi connectivity index (χ2n) is 6.36. The molecule has 0 spiro atoms. The van der Waals surface area contributed by atoms with E-state index in [0.29, 0.717) is 11.3 Å². The minimum absolute atomic E-state index is 0.0214. The van der Waals surface area contributed by atoms with Gasteiger partial charge in [0.1, 0.15) is 17.4 Å². The van der Waals surface area contributed by atoms with E-state index in [1.165, 1.54) is 6.92 Å². The number of aromatic amines is 1. The Kier molecular flexibility index (Phi) is 5.89. The van der Waals surface area contributed by atoms with Crippen LogP contribution in [0.3, 0.4) is 0 Å². The number of hydrogen-bond acceptors (Lipinski definition) is 12. The van der Waals surface area contributed by atoms with Crippen LogP contribution in [0.5, 0.6) is 0 Å². The summed E-state index contributed by atoms with van der Waals surface area (Å²) in [6, 6.07) is 0. The first-order chi connectivity index (χ1) is 14.1. The van der Waals surface area contributed by atoms with E-state index in [1.807, 2.05) is 0 Å². The highest BCUT2D eigenvalue weighted by molar-refractivity contribution is 7.16. The predicted octanol–water partition coefficient (Wildman–Crippen LogP) is -0.948. The van der Waals surface area contributed by atoms with Gasteiger partial charge in [-0.15, -0.1) is 0 Å². The van der Waals surface area contributed by atoms with Crippen LogP contribution in [0.2, 0.25) is 0 Å². The van der Waals surface area contributed by atoms with Crippen LogP contribution in [0.15, 0.2) is 9.59 Å². The molecule has 30 heavy (non-hydrogen) atoms. The van der Waals surface area contributed by atoms with Gasteiger partial charge in [-0.2, -0.15) is 4.98 Å². The van der Waals surface area contributed by atoms with Gasteiger partial charge >= 0.3 is 22.8 Å². The zero-order valence-corrected chi connectivity index (χ0v) is 16.9. The van der Waals surface area contributed by atoms with E-state index in [0.717, 1.165) is 18.4 Å². The third-order valence-corrected chi connectivity index (χ3v) is 5.03. The number of rotatable bonds is 5. The third-order valence-electron chi connectivity index (χ3n) is 4.09. The molecule has 14 heteroatoms. The normalized spacial score (nSPS) is 23.3. The number of nitrogens with zero attached hydrogens (tertiary/aromatic N) is 2. The molecule has 3 heterocycles. The number of anilines is 1. The summed E-state index contributed by atoms with van der Waals surface area (Å²) in [6.45, 7) is 3.09. The van der Waals surface area contributed by atoms with Gasteiger partial charge in [-0.3, -0.25) is 33.5 Å². The Hall–Kier alpha value is -3.26. The average Bonchev–Trinajstić information content (AvgIpc) is 3.10. The molecule has 13 nitrogen and oxygen atoms in total. The SMILES string of the molecule is CC(=O)OC[C@H]1O[C@@H](n2c(=O)sc3c(=O)[nH]c(N)nc32)[C@H](OC(C)=O)[C@H]1OC(C)=O. The lowest BCUT2D eigenvalue weighted by Crippen LogP contribution is -2.41. The topological polar surface area (TPSA) is 182 Å². The minimum atomic E-state index is -1.33. The lowest BCUT2D eigenvalue weighted by molar-refractivity contribution is -0.166. The lowest BCUT2D eigenvalue weighted by atomic mass is 10.1. The average molecular weight is 442 g/mol. The number of thiazole rings is 1. The van der Waals surface area contributed by atoms with Crippen molar-refractivity contribution in [1.82, 2.24) is 14.5 Å². The second kappa shape index (κ2) is 8.23. The Morgan fingerprint density at radius 1 is 1.13 bits per heavy atom. The van der Waals surface area contributed by atoms with E-state index in [2.05, 4.69) is 9.97 Å². The van der Waals surface area contributed by atoms with Gasteiger partial charge in [0.2, 0.25) is 5.95 Å². The molecule has 1 saturated heterocycles. The zero-order chi connectivity index (χ0) is 22.2. The molecule has 3 rings (SSSR count). The van der Waals surface area contributed by atoms with Crippen molar-refractivity contribution in [2.75, 3.05) is 12.3 Å². The van der Waals surface area contributed by atoms with Crippen molar-refractivity contribution in [3.63, 3.8) is 0 Å². The molecular formula is C16H18N4O9S. The van der Waals surface area contributed by atoms with E-state index >= 15 is 0 Å². The Balaban J connectivity index is 2.13. The highest BCUT2D eigenvalue weighted by atomic mass is 32.1. The Bertz CT molecular complexity index is 1120. The van der Waals surface area contributed by atoms with Crippen molar-refractivity contribution in [3.05, 3.63) is 20.0 Å². The summed E-state index contributed by atoms with van der Waals surface area (Å²) in [7, 11) is 0. The molecule has 0 unspecified atom stereocenters. The number of ether oxygens (including phenoxy) is 4. The summed E-state index contributed by atoms with van der Waals surface area (Å²) < 4.78 is 22.2. The third kappa shape index (κ3) is 4.18. The summed E-state index contributed by atoms with van der Waals surface area (Å²) in [5, 5.41) is 0. The van der Waals surface area contributed by atoms with Gasteiger partial charge in [-0.1, -0.05) is 11.3 Å². The quantitative estimate of drug-likeness (QED) is 0.430. The maximum atomic E-state index is 12.7. The van der Waals surface area contributed by atoms with Gasteiger partial charge < -0.3 is 24.7 Å². The first kappa shape index (κ1) is 21.4. The highest BCUT2D eigenvalue weighted by Crippen LogP contribution is 2.35. The molecule has 4 atom stereocenters. The largest absolute Gasteiger partial charge is 0.463 e. The molecule has 2 aromatic heterocycles. The predicted molar refractivity (Wildman–Crippen MR) is 101 cm³/mol. The van der Waals surface area contributed by atoms with E-state index in [9.17, 15) is 24.0 Å². The smallest absolute Gasteiger partial charge is 0.311 e. The number of hydrogen-bond donors (Lipinski definition) is 2. The number of nitrogen functional groups attached to an aromatic ring is 1. The molecule has 3 N–H and O–H groups in total. The van der Waals surface area contributed by atoms with Crippen LogP contribution in [-0.4, -0.2) is 57.4 Å². The Morgan fingerprint density at radius 2 is 1.77 bits per heavy atom. The number of H-pyrrole nitrogens is 1. The Labute approximate surface area is 171 Å². The molecule has 2 aromatic rings. The molecule has 162 valence electrons. The molecule has 0 radical (unpaired) electrons. The molecule has 0 saturated carbocycles. The number of esters is 3. The zero-order valence-electron chi connectivity index (χ0n) is 16.1. The van der Waals surface area contributed by atoms with Crippen molar-refractivity contribution in [2.45, 2.75) is 45.3 Å². The van der Waals surface area contributed by atoms with Gasteiger partial charge in [-0.05, 0) is 0 Å². The van der Waals surface area contributed by atoms with Gasteiger partial charge in [0.05, 0.1) is 0 Å². The fourth-order valence-electron chi connectivity index (χ4n) is 3.07. The molecular weight excluding hydrogens is 424 g/mol. The van der Waals surface area contributed by atoms with E-state index < -0.39 is 52.9 Å². The fourth-order valence-corrected chi connectivity index (χ4v) is 3.91. The maximum absolute atomic E-state index is 12.7. The van der Waals surface area contributed by atoms with E-state index in [-0.39, 0.29) is 22.9 Å². The standard InChI is InChI=1S/C16H18N4O9S/c1-5(21)26-4-8-9(27-6(2)22)10(28-7(3)23)14(29-8)20-12-11(30-16(20)25)13(24)19-15(17)18-12/h8-10,14H,4H2,1-3H3,(H3,17,18,19,24)/t8-,9+,10-,14-/m1/s1. The van der Waals surface area contributed by atoms with Crippen LogP contribution in [0, 0.1) is 0 Å².